The van der Waals surface area contributed by atoms with Crippen molar-refractivity contribution in [1.29, 1.82) is 0 Å². The topological polar surface area (TPSA) is 274 Å². The summed E-state index contributed by atoms with van der Waals surface area (Å²) in [5.41, 5.74) is 5.44. The normalized spacial score (nSPS) is 18.7. The second-order valence-corrected chi connectivity index (χ2v) is 21.1. The number of amides is 4. The van der Waals surface area contributed by atoms with E-state index in [1.165, 1.54) is 98.5 Å². The number of aliphatic hydroxyl groups is 1. The largest absolute Gasteiger partial charge is 0.469 e. The van der Waals surface area contributed by atoms with Gasteiger partial charge in [0.1, 0.15) is 55.3 Å². The standard InChI is InChI=1S/C58H104N4O15/c1-8-11-14-17-20-22-23-25-28-31-34-37-50(66)75-45(35-32-29-27-24-21-18-15-12-9-2)40-51(67)77-58-52(61-44(6)63)54(53(68)47(76-58)41-73-49(65)36-33-30-26-19-16-13-10-3)74-43(5)57(71)60-42(4)56(70)62-46(55(59)69)38-39-48(64)72-7/h42-43,45-47,52-54,58,68H,8-41H2,1-7H3,(H2,59,69)(H,60,71)(H,61,63)(H,62,70)/t42-,43?,45+,46+,47+,52+,53+,54-,58+/m0/s1. The fraction of sp³-hybridized carbons (Fsp3) is 0.862. The minimum absolute atomic E-state index is 0.121. The lowest BCUT2D eigenvalue weighted by atomic mass is 9.96. The number of nitrogens with two attached hydrogens (primary N) is 1. The van der Waals surface area contributed by atoms with Crippen LogP contribution in [0.4, 0.5) is 0 Å². The lowest BCUT2D eigenvalue weighted by Crippen LogP contribution is -2.66. The van der Waals surface area contributed by atoms with Crippen LogP contribution in [0.5, 0.6) is 0 Å². The van der Waals surface area contributed by atoms with Crippen molar-refractivity contribution < 1.29 is 71.9 Å². The highest BCUT2D eigenvalue weighted by Gasteiger charge is 2.50. The Kier molecular flexibility index (Phi) is 40.8. The number of hydrogen-bond donors (Lipinski definition) is 5. The number of rotatable bonds is 47. The molecule has 0 saturated carbocycles. The first kappa shape index (κ1) is 70.7. The molecule has 0 aliphatic carbocycles. The third-order valence-electron chi connectivity index (χ3n) is 14.0. The number of carbonyl (C=O) groups is 8. The van der Waals surface area contributed by atoms with Crippen LogP contribution < -0.4 is 21.7 Å². The van der Waals surface area contributed by atoms with E-state index in [0.717, 1.165) is 83.5 Å². The van der Waals surface area contributed by atoms with Crippen LogP contribution in [0.25, 0.3) is 0 Å². The molecule has 0 spiro atoms. The summed E-state index contributed by atoms with van der Waals surface area (Å²) in [6, 6.07) is -3.93. The number of methoxy groups -OCH3 is 1. The molecule has 446 valence electrons. The summed E-state index contributed by atoms with van der Waals surface area (Å²) in [6.07, 6.45) is 20.6. The monoisotopic (exact) mass is 1100 g/mol. The van der Waals surface area contributed by atoms with Gasteiger partial charge in [0.15, 0.2) is 0 Å². The van der Waals surface area contributed by atoms with Gasteiger partial charge in [-0.25, -0.2) is 0 Å². The highest BCUT2D eigenvalue weighted by molar-refractivity contribution is 5.92. The second-order valence-electron chi connectivity index (χ2n) is 21.1. The van der Waals surface area contributed by atoms with Crippen LogP contribution in [-0.2, 0) is 66.8 Å². The fourth-order valence-electron chi connectivity index (χ4n) is 9.25. The fourth-order valence-corrected chi connectivity index (χ4v) is 9.25. The predicted molar refractivity (Wildman–Crippen MR) is 294 cm³/mol. The smallest absolute Gasteiger partial charge is 0.311 e. The number of esters is 4. The average Bonchev–Trinajstić information content (AvgIpc) is 3.39. The Morgan fingerprint density at radius 3 is 1.55 bits per heavy atom. The van der Waals surface area contributed by atoms with E-state index in [1.54, 1.807) is 0 Å². The van der Waals surface area contributed by atoms with E-state index in [2.05, 4.69) is 41.5 Å². The van der Waals surface area contributed by atoms with E-state index in [1.807, 2.05) is 0 Å². The van der Waals surface area contributed by atoms with Crippen molar-refractivity contribution in [2.75, 3.05) is 13.7 Å². The Balaban J connectivity index is 3.29. The number of carbonyl (C=O) groups excluding carboxylic acids is 8. The van der Waals surface area contributed by atoms with Gasteiger partial charge in [-0.3, -0.25) is 38.4 Å². The zero-order valence-electron chi connectivity index (χ0n) is 48.5. The summed E-state index contributed by atoms with van der Waals surface area (Å²) in [6.45, 7) is 9.91. The molecule has 1 saturated heterocycles. The summed E-state index contributed by atoms with van der Waals surface area (Å²) < 4.78 is 34.3. The molecule has 0 bridgehead atoms. The number of primary amides is 1. The molecular formula is C58H104N4O15. The van der Waals surface area contributed by atoms with E-state index in [4.69, 9.17) is 29.4 Å². The van der Waals surface area contributed by atoms with Crippen molar-refractivity contribution in [3.05, 3.63) is 0 Å². The van der Waals surface area contributed by atoms with Gasteiger partial charge in [-0.15, -0.1) is 0 Å². The molecule has 9 atom stereocenters. The molecule has 0 aromatic carbocycles. The van der Waals surface area contributed by atoms with Gasteiger partial charge in [0.25, 0.3) is 0 Å². The van der Waals surface area contributed by atoms with Crippen molar-refractivity contribution >= 4 is 47.5 Å². The van der Waals surface area contributed by atoms with Gasteiger partial charge < -0.3 is 55.2 Å². The van der Waals surface area contributed by atoms with Gasteiger partial charge in [0.05, 0.1) is 13.5 Å². The third kappa shape index (κ3) is 34.3. The Morgan fingerprint density at radius 2 is 1.06 bits per heavy atom. The third-order valence-corrected chi connectivity index (χ3v) is 14.0. The van der Waals surface area contributed by atoms with Crippen molar-refractivity contribution in [2.24, 2.45) is 5.73 Å². The Bertz CT molecular complexity index is 1670. The lowest BCUT2D eigenvalue weighted by molar-refractivity contribution is -0.275. The van der Waals surface area contributed by atoms with Crippen molar-refractivity contribution in [3.63, 3.8) is 0 Å². The first-order valence-electron chi connectivity index (χ1n) is 29.7. The molecule has 19 heteroatoms. The first-order valence-corrected chi connectivity index (χ1v) is 29.7. The van der Waals surface area contributed by atoms with Gasteiger partial charge in [-0.2, -0.15) is 0 Å². The van der Waals surface area contributed by atoms with E-state index in [-0.39, 0.29) is 32.1 Å². The average molecular weight is 1100 g/mol. The van der Waals surface area contributed by atoms with Crippen LogP contribution in [0.2, 0.25) is 0 Å². The molecular weight excluding hydrogens is 993 g/mol. The summed E-state index contributed by atoms with van der Waals surface area (Å²) in [4.78, 5) is 103. The Morgan fingerprint density at radius 1 is 0.584 bits per heavy atom. The molecule has 0 aromatic rings. The zero-order valence-corrected chi connectivity index (χ0v) is 48.5. The van der Waals surface area contributed by atoms with E-state index in [9.17, 15) is 43.5 Å². The number of hydrogen-bond acceptors (Lipinski definition) is 15. The number of ether oxygens (including phenoxy) is 6. The second kappa shape index (κ2) is 44.5. The molecule has 1 fully saturated rings. The number of unbranched alkanes of at least 4 members (excludes halogenated alkanes) is 24. The van der Waals surface area contributed by atoms with E-state index in [0.29, 0.717) is 25.7 Å². The number of nitrogens with one attached hydrogen (secondary N) is 3. The van der Waals surface area contributed by atoms with Crippen LogP contribution in [0.15, 0.2) is 0 Å². The molecule has 19 nitrogen and oxygen atoms in total. The highest BCUT2D eigenvalue weighted by atomic mass is 16.7. The zero-order chi connectivity index (χ0) is 57.2. The van der Waals surface area contributed by atoms with E-state index >= 15 is 0 Å². The summed E-state index contributed by atoms with van der Waals surface area (Å²) in [5.74, 6) is -5.58. The van der Waals surface area contributed by atoms with Crippen LogP contribution >= 0.6 is 0 Å². The van der Waals surface area contributed by atoms with Crippen molar-refractivity contribution in [1.82, 2.24) is 16.0 Å². The molecule has 1 aliphatic heterocycles. The molecule has 1 unspecified atom stereocenters. The minimum atomic E-state index is -1.67. The molecule has 1 rings (SSSR count). The summed E-state index contributed by atoms with van der Waals surface area (Å²) in [7, 11) is 1.18. The maximum atomic E-state index is 14.0. The minimum Gasteiger partial charge on any atom is -0.469 e. The van der Waals surface area contributed by atoms with Crippen LogP contribution in [0, 0.1) is 0 Å². The van der Waals surface area contributed by atoms with Gasteiger partial charge in [0.2, 0.25) is 29.9 Å². The molecule has 0 radical (unpaired) electrons. The summed E-state index contributed by atoms with van der Waals surface area (Å²) >= 11 is 0. The molecule has 77 heavy (non-hydrogen) atoms. The predicted octanol–water partition coefficient (Wildman–Crippen LogP) is 8.93. The van der Waals surface area contributed by atoms with Crippen LogP contribution in [-0.4, -0.2) is 121 Å². The van der Waals surface area contributed by atoms with Gasteiger partial charge in [-0.05, 0) is 46.0 Å². The van der Waals surface area contributed by atoms with Crippen LogP contribution in [0.1, 0.15) is 253 Å². The van der Waals surface area contributed by atoms with Gasteiger partial charge in [-0.1, -0.05) is 175 Å². The molecule has 4 amide bonds. The lowest BCUT2D eigenvalue weighted by Gasteiger charge is -2.44. The van der Waals surface area contributed by atoms with Crippen molar-refractivity contribution in [3.8, 4) is 0 Å². The summed E-state index contributed by atoms with van der Waals surface area (Å²) in [5, 5.41) is 19.4. The van der Waals surface area contributed by atoms with Crippen LogP contribution in [0.3, 0.4) is 0 Å². The number of aliphatic hydroxyl groups excluding tert-OH is 1. The van der Waals surface area contributed by atoms with Crippen molar-refractivity contribution in [2.45, 2.75) is 308 Å². The molecule has 1 heterocycles. The van der Waals surface area contributed by atoms with Gasteiger partial charge in [0, 0.05) is 26.2 Å². The highest BCUT2D eigenvalue weighted by Crippen LogP contribution is 2.28. The van der Waals surface area contributed by atoms with Gasteiger partial charge >= 0.3 is 23.9 Å². The van der Waals surface area contributed by atoms with E-state index < -0.39 is 109 Å². The SMILES string of the molecule is CCCCCCCCCCCCCC(=O)O[C@H](CCCCCCCCCCC)CC(=O)O[C@H]1O[C@H](COC(=O)CCCCCCCCC)[C@@H](O)[C@@H](OC(C)C(=O)N[C@@H](C)C(=O)N[C@H](CCC(=O)OC)C(N)=O)[C@H]1NC(C)=O. The Hall–Kier alpha value is -4.36. The maximum absolute atomic E-state index is 14.0. The molecule has 6 N–H and O–H groups in total. The first-order chi connectivity index (χ1) is 37.0. The Labute approximate surface area is 461 Å². The molecule has 1 aliphatic rings. The molecule has 0 aromatic heterocycles. The quantitative estimate of drug-likeness (QED) is 0.0216. The maximum Gasteiger partial charge on any atom is 0.311 e.